The zero-order valence-electron chi connectivity index (χ0n) is 12.0. The van der Waals surface area contributed by atoms with E-state index in [1.807, 2.05) is 0 Å². The molecule has 1 aromatic carbocycles. The van der Waals surface area contributed by atoms with Gasteiger partial charge in [-0.15, -0.1) is 0 Å². The minimum Gasteiger partial charge on any atom is -0.398 e. The molecule has 1 aliphatic heterocycles. The summed E-state index contributed by atoms with van der Waals surface area (Å²) in [6.45, 7) is 0.470. The lowest BCUT2D eigenvalue weighted by atomic mass is 9.79. The second kappa shape index (κ2) is 5.57. The van der Waals surface area contributed by atoms with Crippen molar-refractivity contribution in [2.24, 2.45) is 5.92 Å². The van der Waals surface area contributed by atoms with Gasteiger partial charge in [0.25, 0.3) is 0 Å². The van der Waals surface area contributed by atoms with Gasteiger partial charge in [-0.3, -0.25) is 0 Å². The van der Waals surface area contributed by atoms with Crippen LogP contribution < -0.4 is 5.73 Å². The fraction of sp³-hybridized carbons (Fsp3) is 0.600. The fourth-order valence-corrected chi connectivity index (χ4v) is 5.71. The van der Waals surface area contributed by atoms with Crippen molar-refractivity contribution in [2.75, 3.05) is 12.3 Å². The van der Waals surface area contributed by atoms with Gasteiger partial charge >= 0.3 is 0 Å². The maximum atomic E-state index is 14.0. The third-order valence-corrected chi connectivity index (χ3v) is 6.77. The number of hydrogen-bond donors (Lipinski definition) is 1. The van der Waals surface area contributed by atoms with Gasteiger partial charge < -0.3 is 5.73 Å². The molecule has 0 radical (unpaired) electrons. The first-order valence-electron chi connectivity index (χ1n) is 7.57. The van der Waals surface area contributed by atoms with Crippen molar-refractivity contribution in [3.8, 4) is 0 Å². The molecular formula is C15H21FN2O2S. The van der Waals surface area contributed by atoms with Crippen LogP contribution in [0, 0.1) is 11.7 Å². The van der Waals surface area contributed by atoms with Crippen molar-refractivity contribution in [1.82, 2.24) is 4.31 Å². The molecule has 21 heavy (non-hydrogen) atoms. The number of nitrogens with zero attached hydrogens (tertiary/aromatic N) is 1. The third-order valence-electron chi connectivity index (χ3n) is 4.76. The molecule has 2 aliphatic rings. The van der Waals surface area contributed by atoms with Gasteiger partial charge in [-0.2, -0.15) is 4.31 Å². The van der Waals surface area contributed by atoms with E-state index in [9.17, 15) is 12.8 Å². The van der Waals surface area contributed by atoms with Crippen LogP contribution in [-0.4, -0.2) is 25.3 Å². The lowest BCUT2D eigenvalue weighted by molar-refractivity contribution is 0.129. The predicted octanol–water partition coefficient (Wildman–Crippen LogP) is 2.75. The summed E-state index contributed by atoms with van der Waals surface area (Å²) in [4.78, 5) is -0.351. The number of piperidine rings is 1. The monoisotopic (exact) mass is 312 g/mol. The molecule has 6 heteroatoms. The first-order chi connectivity index (χ1) is 10.0. The highest BCUT2D eigenvalue weighted by Gasteiger charge is 2.41. The Morgan fingerprint density at radius 2 is 1.86 bits per heavy atom. The third kappa shape index (κ3) is 2.55. The van der Waals surface area contributed by atoms with E-state index < -0.39 is 15.8 Å². The quantitative estimate of drug-likeness (QED) is 0.854. The maximum Gasteiger partial charge on any atom is 0.248 e. The number of sulfonamides is 1. The normalized spacial score (nSPS) is 27.3. The molecule has 1 saturated carbocycles. The largest absolute Gasteiger partial charge is 0.398 e. The van der Waals surface area contributed by atoms with Crippen LogP contribution in [0.15, 0.2) is 23.1 Å². The zero-order valence-corrected chi connectivity index (χ0v) is 12.8. The lowest BCUT2D eigenvalue weighted by Crippen LogP contribution is -2.49. The van der Waals surface area contributed by atoms with Gasteiger partial charge in [-0.1, -0.05) is 18.9 Å². The van der Waals surface area contributed by atoms with Crippen LogP contribution in [0.1, 0.15) is 38.5 Å². The van der Waals surface area contributed by atoms with Crippen molar-refractivity contribution in [3.05, 3.63) is 24.0 Å². The number of anilines is 1. The van der Waals surface area contributed by atoms with Gasteiger partial charge in [0.15, 0.2) is 0 Å². The molecular weight excluding hydrogens is 291 g/mol. The summed E-state index contributed by atoms with van der Waals surface area (Å²) in [5.41, 5.74) is 5.73. The smallest absolute Gasteiger partial charge is 0.248 e. The highest BCUT2D eigenvalue weighted by atomic mass is 32.2. The Morgan fingerprint density at radius 1 is 1.14 bits per heavy atom. The Labute approximate surface area is 125 Å². The molecule has 2 fully saturated rings. The van der Waals surface area contributed by atoms with Crippen molar-refractivity contribution in [2.45, 2.75) is 49.5 Å². The van der Waals surface area contributed by atoms with Crippen LogP contribution in [0.4, 0.5) is 10.1 Å². The molecule has 1 saturated heterocycles. The molecule has 1 aliphatic carbocycles. The highest BCUT2D eigenvalue weighted by Crippen LogP contribution is 2.39. The Hall–Kier alpha value is -1.14. The molecule has 2 N–H and O–H groups in total. The Balaban J connectivity index is 2.01. The highest BCUT2D eigenvalue weighted by molar-refractivity contribution is 7.89. The van der Waals surface area contributed by atoms with Crippen molar-refractivity contribution < 1.29 is 12.8 Å². The van der Waals surface area contributed by atoms with E-state index in [-0.39, 0.29) is 16.6 Å². The number of rotatable bonds is 2. The van der Waals surface area contributed by atoms with E-state index in [1.54, 1.807) is 0 Å². The van der Waals surface area contributed by atoms with Crippen LogP contribution in [0.3, 0.4) is 0 Å². The van der Waals surface area contributed by atoms with Crippen molar-refractivity contribution >= 4 is 15.7 Å². The molecule has 2 atom stereocenters. The fourth-order valence-electron chi connectivity index (χ4n) is 3.79. The number of hydrogen-bond acceptors (Lipinski definition) is 3. The van der Waals surface area contributed by atoms with Gasteiger partial charge in [0.2, 0.25) is 10.0 Å². The van der Waals surface area contributed by atoms with E-state index in [4.69, 9.17) is 5.73 Å². The van der Waals surface area contributed by atoms with Gasteiger partial charge in [0.1, 0.15) is 10.7 Å². The summed E-state index contributed by atoms with van der Waals surface area (Å²) >= 11 is 0. The SMILES string of the molecule is Nc1cccc(F)c1S(=O)(=O)N1CCC[C@H]2CCCC[C@H]21. The summed E-state index contributed by atoms with van der Waals surface area (Å²) in [6.07, 6.45) is 6.07. The van der Waals surface area contributed by atoms with Gasteiger partial charge in [-0.05, 0) is 43.7 Å². The average Bonchev–Trinajstić information content (AvgIpc) is 2.46. The number of nitrogen functional groups attached to an aromatic ring is 1. The molecule has 0 bridgehead atoms. The van der Waals surface area contributed by atoms with E-state index in [0.717, 1.165) is 44.6 Å². The molecule has 0 amide bonds. The lowest BCUT2D eigenvalue weighted by Gasteiger charge is -2.43. The van der Waals surface area contributed by atoms with Crippen LogP contribution >= 0.6 is 0 Å². The predicted molar refractivity (Wildman–Crippen MR) is 79.7 cm³/mol. The minimum atomic E-state index is -3.86. The van der Waals surface area contributed by atoms with Gasteiger partial charge in [0, 0.05) is 12.6 Å². The summed E-state index contributed by atoms with van der Waals surface area (Å²) in [7, 11) is -3.86. The van der Waals surface area contributed by atoms with Crippen LogP contribution in [-0.2, 0) is 10.0 Å². The standard InChI is InChI=1S/C15H21FN2O2S/c16-12-7-3-8-13(17)15(12)21(19,20)18-10-4-6-11-5-1-2-9-14(11)18/h3,7-8,11,14H,1-2,4-6,9-10,17H2/t11-,14-/m1/s1. The molecule has 1 aromatic rings. The Bertz CT molecular complexity index is 610. The van der Waals surface area contributed by atoms with Crippen LogP contribution in [0.2, 0.25) is 0 Å². The molecule has 0 unspecified atom stereocenters. The van der Waals surface area contributed by atoms with Crippen molar-refractivity contribution in [1.29, 1.82) is 0 Å². The Morgan fingerprint density at radius 3 is 2.62 bits per heavy atom. The van der Waals surface area contributed by atoms with E-state index in [2.05, 4.69) is 0 Å². The number of benzene rings is 1. The average molecular weight is 312 g/mol. The van der Waals surface area contributed by atoms with Gasteiger partial charge in [-0.25, -0.2) is 12.8 Å². The second-order valence-corrected chi connectivity index (χ2v) is 7.86. The first kappa shape index (κ1) is 14.8. The molecule has 0 aromatic heterocycles. The Kier molecular flexibility index (Phi) is 3.92. The van der Waals surface area contributed by atoms with Gasteiger partial charge in [0.05, 0.1) is 5.69 Å². The summed E-state index contributed by atoms with van der Waals surface area (Å²) < 4.78 is 41.3. The number of halogens is 1. The molecule has 116 valence electrons. The topological polar surface area (TPSA) is 63.4 Å². The first-order valence-corrected chi connectivity index (χ1v) is 9.01. The molecule has 3 rings (SSSR count). The van der Waals surface area contributed by atoms with Crippen molar-refractivity contribution in [3.63, 3.8) is 0 Å². The van der Waals surface area contributed by atoms with Crippen LogP contribution in [0.25, 0.3) is 0 Å². The van der Waals surface area contributed by atoms with E-state index in [0.29, 0.717) is 12.5 Å². The second-order valence-electron chi connectivity index (χ2n) is 6.03. The molecule has 4 nitrogen and oxygen atoms in total. The zero-order chi connectivity index (χ0) is 15.0. The van der Waals surface area contributed by atoms with E-state index >= 15 is 0 Å². The summed E-state index contributed by atoms with van der Waals surface area (Å²) in [5, 5.41) is 0. The number of nitrogens with two attached hydrogens (primary N) is 1. The summed E-state index contributed by atoms with van der Waals surface area (Å²) in [5.74, 6) is -0.344. The minimum absolute atomic E-state index is 0.00654. The molecule has 0 spiro atoms. The molecule has 1 heterocycles. The number of fused-ring (bicyclic) bond motifs is 1. The summed E-state index contributed by atoms with van der Waals surface area (Å²) in [6, 6.07) is 4.05. The van der Waals surface area contributed by atoms with Crippen LogP contribution in [0.5, 0.6) is 0 Å². The van der Waals surface area contributed by atoms with E-state index in [1.165, 1.54) is 16.4 Å². The maximum absolute atomic E-state index is 14.0.